The first-order valence-electron chi connectivity index (χ1n) is 7.80. The van der Waals surface area contributed by atoms with Crippen molar-refractivity contribution in [1.29, 1.82) is 0 Å². The lowest BCUT2D eigenvalue weighted by molar-refractivity contribution is 0.481. The van der Waals surface area contributed by atoms with Crippen LogP contribution in [-0.2, 0) is 6.42 Å². The van der Waals surface area contributed by atoms with Crippen LogP contribution >= 0.6 is 0 Å². The van der Waals surface area contributed by atoms with Crippen molar-refractivity contribution in [3.05, 3.63) is 29.6 Å². The Bertz CT molecular complexity index is 400. The highest BCUT2D eigenvalue weighted by Crippen LogP contribution is 2.23. The minimum atomic E-state index is -0.129. The summed E-state index contributed by atoms with van der Waals surface area (Å²) in [6.45, 7) is 10.2. The summed E-state index contributed by atoms with van der Waals surface area (Å²) in [6.07, 6.45) is 2.99. The van der Waals surface area contributed by atoms with E-state index in [-0.39, 0.29) is 11.9 Å². The molecule has 1 atom stereocenters. The molecule has 0 saturated heterocycles. The lowest BCUT2D eigenvalue weighted by Crippen LogP contribution is -2.29. The molecule has 1 aromatic carbocycles. The first-order chi connectivity index (χ1) is 9.51. The zero-order valence-electron chi connectivity index (χ0n) is 13.3. The number of anilines is 1. The summed E-state index contributed by atoms with van der Waals surface area (Å²) in [6, 6.07) is 5.59. The largest absolute Gasteiger partial charge is 0.369 e. The van der Waals surface area contributed by atoms with Crippen LogP contribution in [0.2, 0.25) is 0 Å². The first kappa shape index (κ1) is 17.0. The molecule has 2 N–H and O–H groups in total. The summed E-state index contributed by atoms with van der Waals surface area (Å²) in [5, 5.41) is 0. The van der Waals surface area contributed by atoms with Crippen LogP contribution in [0.4, 0.5) is 10.1 Å². The van der Waals surface area contributed by atoms with Gasteiger partial charge in [-0.2, -0.15) is 0 Å². The van der Waals surface area contributed by atoms with Crippen molar-refractivity contribution in [3.8, 4) is 0 Å². The van der Waals surface area contributed by atoms with Crippen LogP contribution in [0.25, 0.3) is 0 Å². The number of benzene rings is 1. The second kappa shape index (κ2) is 8.25. The molecule has 2 nitrogen and oxygen atoms in total. The SMILES string of the molecule is CCC(CC)CN(CC)c1ccc(CC(C)N)cc1F. The van der Waals surface area contributed by atoms with Crippen molar-refractivity contribution in [1.82, 2.24) is 0 Å². The summed E-state index contributed by atoms with van der Waals surface area (Å²) in [5.74, 6) is 0.494. The molecule has 0 bridgehead atoms. The third-order valence-corrected chi connectivity index (χ3v) is 3.93. The van der Waals surface area contributed by atoms with E-state index in [4.69, 9.17) is 5.73 Å². The van der Waals surface area contributed by atoms with E-state index in [1.54, 1.807) is 6.07 Å². The number of rotatable bonds is 8. The molecule has 20 heavy (non-hydrogen) atoms. The van der Waals surface area contributed by atoms with Gasteiger partial charge in [0.15, 0.2) is 0 Å². The van der Waals surface area contributed by atoms with Gasteiger partial charge in [0.2, 0.25) is 0 Å². The van der Waals surface area contributed by atoms with Gasteiger partial charge < -0.3 is 10.6 Å². The average molecular weight is 280 g/mol. The van der Waals surface area contributed by atoms with E-state index in [1.165, 1.54) is 0 Å². The molecule has 114 valence electrons. The molecule has 0 aromatic heterocycles. The second-order valence-electron chi connectivity index (χ2n) is 5.69. The van der Waals surface area contributed by atoms with E-state index in [9.17, 15) is 4.39 Å². The Hall–Kier alpha value is -1.09. The van der Waals surface area contributed by atoms with E-state index in [2.05, 4.69) is 25.7 Å². The van der Waals surface area contributed by atoms with Gasteiger partial charge in [0, 0.05) is 19.1 Å². The monoisotopic (exact) mass is 280 g/mol. The molecule has 0 saturated carbocycles. The number of hydrogen-bond donors (Lipinski definition) is 1. The molecule has 0 fully saturated rings. The lowest BCUT2D eigenvalue weighted by Gasteiger charge is -2.28. The van der Waals surface area contributed by atoms with Crippen molar-refractivity contribution >= 4 is 5.69 Å². The lowest BCUT2D eigenvalue weighted by atomic mass is 10.0. The van der Waals surface area contributed by atoms with Crippen LogP contribution < -0.4 is 10.6 Å². The summed E-state index contributed by atoms with van der Waals surface area (Å²) in [5.41, 5.74) is 7.46. The molecule has 0 spiro atoms. The molecule has 0 amide bonds. The third kappa shape index (κ3) is 4.78. The van der Waals surface area contributed by atoms with Gasteiger partial charge in [0.25, 0.3) is 0 Å². The topological polar surface area (TPSA) is 29.3 Å². The first-order valence-corrected chi connectivity index (χ1v) is 7.80. The van der Waals surface area contributed by atoms with E-state index >= 15 is 0 Å². The van der Waals surface area contributed by atoms with Crippen LogP contribution in [0.15, 0.2) is 18.2 Å². The molecule has 0 radical (unpaired) electrons. The van der Waals surface area contributed by atoms with Crippen molar-refractivity contribution in [2.75, 3.05) is 18.0 Å². The van der Waals surface area contributed by atoms with Crippen LogP contribution in [0.3, 0.4) is 0 Å². The van der Waals surface area contributed by atoms with E-state index in [0.29, 0.717) is 11.6 Å². The molecular formula is C17H29FN2. The fourth-order valence-electron chi connectivity index (χ4n) is 2.56. The van der Waals surface area contributed by atoms with Gasteiger partial charge >= 0.3 is 0 Å². The van der Waals surface area contributed by atoms with Gasteiger partial charge in [0.1, 0.15) is 5.82 Å². The highest BCUT2D eigenvalue weighted by atomic mass is 19.1. The Morgan fingerprint density at radius 1 is 1.20 bits per heavy atom. The quantitative estimate of drug-likeness (QED) is 0.780. The van der Waals surface area contributed by atoms with E-state index < -0.39 is 0 Å². The maximum Gasteiger partial charge on any atom is 0.146 e. The van der Waals surface area contributed by atoms with Crippen LogP contribution in [0.5, 0.6) is 0 Å². The summed E-state index contributed by atoms with van der Waals surface area (Å²) >= 11 is 0. The molecular weight excluding hydrogens is 251 g/mol. The maximum atomic E-state index is 14.3. The zero-order valence-corrected chi connectivity index (χ0v) is 13.3. The van der Waals surface area contributed by atoms with Crippen LogP contribution in [-0.4, -0.2) is 19.1 Å². The average Bonchev–Trinajstić information content (AvgIpc) is 2.41. The molecule has 1 unspecified atom stereocenters. The molecule has 1 rings (SSSR count). The second-order valence-corrected chi connectivity index (χ2v) is 5.69. The number of halogens is 1. The standard InChI is InChI=1S/C17H29FN2/c1-5-14(6-2)12-20(7-3)17-9-8-15(10-13(4)19)11-16(17)18/h8-9,11,13-14H,5-7,10,12,19H2,1-4H3. The van der Waals surface area contributed by atoms with E-state index in [0.717, 1.165) is 37.9 Å². The molecule has 0 aliphatic rings. The number of nitrogens with zero attached hydrogens (tertiary/aromatic N) is 1. The fraction of sp³-hybridized carbons (Fsp3) is 0.647. The van der Waals surface area contributed by atoms with Gasteiger partial charge in [-0.05, 0) is 43.9 Å². The van der Waals surface area contributed by atoms with Crippen molar-refractivity contribution < 1.29 is 4.39 Å². The minimum absolute atomic E-state index is 0.0621. The van der Waals surface area contributed by atoms with Crippen molar-refractivity contribution in [2.24, 2.45) is 11.7 Å². The highest BCUT2D eigenvalue weighted by Gasteiger charge is 2.14. The molecule has 0 heterocycles. The zero-order chi connectivity index (χ0) is 15.1. The Balaban J connectivity index is 2.87. The molecule has 0 aliphatic heterocycles. The highest BCUT2D eigenvalue weighted by molar-refractivity contribution is 5.49. The number of hydrogen-bond acceptors (Lipinski definition) is 2. The van der Waals surface area contributed by atoms with Gasteiger partial charge in [-0.15, -0.1) is 0 Å². The Morgan fingerprint density at radius 3 is 2.30 bits per heavy atom. The molecule has 3 heteroatoms. The van der Waals surface area contributed by atoms with Crippen molar-refractivity contribution in [3.63, 3.8) is 0 Å². The van der Waals surface area contributed by atoms with Crippen molar-refractivity contribution in [2.45, 2.75) is 53.0 Å². The summed E-state index contributed by atoms with van der Waals surface area (Å²) < 4.78 is 14.3. The van der Waals surface area contributed by atoms with Gasteiger partial charge in [0.05, 0.1) is 5.69 Å². The summed E-state index contributed by atoms with van der Waals surface area (Å²) in [7, 11) is 0. The minimum Gasteiger partial charge on any atom is -0.369 e. The fourth-order valence-corrected chi connectivity index (χ4v) is 2.56. The normalized spacial score (nSPS) is 12.8. The predicted octanol–water partition coefficient (Wildman–Crippen LogP) is 3.98. The van der Waals surface area contributed by atoms with Crippen LogP contribution in [0, 0.1) is 11.7 Å². The van der Waals surface area contributed by atoms with E-state index in [1.807, 2.05) is 19.1 Å². The third-order valence-electron chi connectivity index (χ3n) is 3.93. The number of nitrogens with two attached hydrogens (primary N) is 1. The van der Waals surface area contributed by atoms with Gasteiger partial charge in [-0.25, -0.2) is 4.39 Å². The smallest absolute Gasteiger partial charge is 0.146 e. The van der Waals surface area contributed by atoms with Gasteiger partial charge in [-0.1, -0.05) is 32.8 Å². The Kier molecular flexibility index (Phi) is 7.00. The molecule has 0 aliphatic carbocycles. The predicted molar refractivity (Wildman–Crippen MR) is 85.7 cm³/mol. The summed E-state index contributed by atoms with van der Waals surface area (Å²) in [4.78, 5) is 2.14. The Morgan fingerprint density at radius 2 is 1.85 bits per heavy atom. The van der Waals surface area contributed by atoms with Gasteiger partial charge in [-0.3, -0.25) is 0 Å². The maximum absolute atomic E-state index is 14.3. The van der Waals surface area contributed by atoms with Crippen LogP contribution in [0.1, 0.15) is 46.1 Å². The molecule has 1 aromatic rings. The Labute approximate surface area is 123 Å².